The van der Waals surface area contributed by atoms with Gasteiger partial charge in [-0.25, -0.2) is 8.42 Å². The van der Waals surface area contributed by atoms with Crippen molar-refractivity contribution in [2.75, 3.05) is 18.4 Å². The number of nitrogens with zero attached hydrogens (tertiary/aromatic N) is 1. The summed E-state index contributed by atoms with van der Waals surface area (Å²) in [6, 6.07) is 9.38. The molecule has 0 aromatic heterocycles. The number of rotatable bonds is 6. The monoisotopic (exact) mass is 376 g/mol. The van der Waals surface area contributed by atoms with Crippen molar-refractivity contribution < 1.29 is 18.3 Å². The van der Waals surface area contributed by atoms with Gasteiger partial charge in [-0.1, -0.05) is 31.5 Å². The van der Waals surface area contributed by atoms with Gasteiger partial charge in [0.2, 0.25) is 10.0 Å². The first-order chi connectivity index (χ1) is 12.2. The number of aromatic hydroxyl groups is 1. The van der Waals surface area contributed by atoms with Crippen molar-refractivity contribution in [2.24, 2.45) is 0 Å². The van der Waals surface area contributed by atoms with Crippen LogP contribution in [0.25, 0.3) is 0 Å². The fourth-order valence-corrected chi connectivity index (χ4v) is 4.14. The number of anilines is 1. The second kappa shape index (κ2) is 7.88. The Hall–Kier alpha value is -2.38. The molecule has 0 bridgehead atoms. The fraction of sp³-hybridized carbons (Fsp3) is 0.316. The van der Waals surface area contributed by atoms with E-state index in [1.165, 1.54) is 22.5 Å². The van der Waals surface area contributed by atoms with Gasteiger partial charge in [0.25, 0.3) is 5.91 Å². The Morgan fingerprint density at radius 2 is 1.73 bits per heavy atom. The van der Waals surface area contributed by atoms with Crippen molar-refractivity contribution in [3.63, 3.8) is 0 Å². The number of amides is 1. The predicted octanol–water partition coefficient (Wildman–Crippen LogP) is 3.29. The van der Waals surface area contributed by atoms with Crippen molar-refractivity contribution in [2.45, 2.75) is 32.6 Å². The molecule has 0 aliphatic heterocycles. The molecule has 0 aliphatic rings. The summed E-state index contributed by atoms with van der Waals surface area (Å²) >= 11 is 0. The Morgan fingerprint density at radius 1 is 1.08 bits per heavy atom. The van der Waals surface area contributed by atoms with E-state index < -0.39 is 15.9 Å². The van der Waals surface area contributed by atoms with E-state index in [0.717, 1.165) is 11.1 Å². The highest BCUT2D eigenvalue weighted by Crippen LogP contribution is 2.28. The quantitative estimate of drug-likeness (QED) is 0.758. The highest BCUT2D eigenvalue weighted by Gasteiger charge is 2.23. The second-order valence-corrected chi connectivity index (χ2v) is 7.98. The van der Waals surface area contributed by atoms with Crippen LogP contribution in [0.4, 0.5) is 5.69 Å². The van der Waals surface area contributed by atoms with E-state index in [4.69, 9.17) is 0 Å². The van der Waals surface area contributed by atoms with E-state index in [-0.39, 0.29) is 16.3 Å². The summed E-state index contributed by atoms with van der Waals surface area (Å²) in [5.74, 6) is -0.596. The fourth-order valence-electron chi connectivity index (χ4n) is 2.66. The van der Waals surface area contributed by atoms with Crippen molar-refractivity contribution >= 4 is 21.6 Å². The second-order valence-electron chi connectivity index (χ2n) is 6.04. The lowest BCUT2D eigenvalue weighted by Gasteiger charge is -2.19. The first-order valence-electron chi connectivity index (χ1n) is 8.42. The minimum Gasteiger partial charge on any atom is -0.506 e. The summed E-state index contributed by atoms with van der Waals surface area (Å²) in [5.41, 5.74) is 2.26. The van der Waals surface area contributed by atoms with Crippen LogP contribution < -0.4 is 5.32 Å². The van der Waals surface area contributed by atoms with Crippen molar-refractivity contribution in [3.8, 4) is 5.75 Å². The zero-order valence-corrected chi connectivity index (χ0v) is 16.2. The summed E-state index contributed by atoms with van der Waals surface area (Å²) in [7, 11) is -3.68. The number of phenolic OH excluding ortho intramolecular Hbond substituents is 1. The lowest BCUT2D eigenvalue weighted by Crippen LogP contribution is -2.30. The molecule has 0 aliphatic carbocycles. The number of carbonyl (C=O) groups is 1. The number of nitrogens with one attached hydrogen (secondary N) is 1. The smallest absolute Gasteiger partial charge is 0.256 e. The van der Waals surface area contributed by atoms with Gasteiger partial charge in [-0.05, 0) is 43.7 Å². The number of carbonyl (C=O) groups excluding carboxylic acids is 1. The third-order valence-corrected chi connectivity index (χ3v) is 6.24. The molecule has 0 atom stereocenters. The lowest BCUT2D eigenvalue weighted by molar-refractivity contribution is 0.102. The van der Waals surface area contributed by atoms with E-state index >= 15 is 0 Å². The highest BCUT2D eigenvalue weighted by molar-refractivity contribution is 7.89. The number of hydrogen-bond acceptors (Lipinski definition) is 4. The SMILES string of the molecule is CCN(CC)S(=O)(=O)c1ccc(O)c(NC(=O)c2cc(C)ccc2C)c1. The molecule has 0 saturated carbocycles. The molecule has 2 rings (SSSR count). The molecule has 6 nitrogen and oxygen atoms in total. The summed E-state index contributed by atoms with van der Waals surface area (Å²) in [6.07, 6.45) is 0. The standard InChI is InChI=1S/C19H24N2O4S/c1-5-21(6-2)26(24,25)15-9-10-18(22)17(12-15)20-19(23)16-11-13(3)7-8-14(16)4/h7-12,22H,5-6H2,1-4H3,(H,20,23). The van der Waals surface area contributed by atoms with Gasteiger partial charge in [0.15, 0.2) is 0 Å². The summed E-state index contributed by atoms with van der Waals surface area (Å²) < 4.78 is 26.6. The largest absolute Gasteiger partial charge is 0.506 e. The van der Waals surface area contributed by atoms with E-state index in [9.17, 15) is 18.3 Å². The molecule has 0 fully saturated rings. The van der Waals surface area contributed by atoms with Gasteiger partial charge in [0.1, 0.15) is 5.75 Å². The minimum atomic E-state index is -3.68. The Bertz CT molecular complexity index is 919. The van der Waals surface area contributed by atoms with Gasteiger partial charge in [-0.2, -0.15) is 4.31 Å². The number of sulfonamides is 1. The Morgan fingerprint density at radius 3 is 2.35 bits per heavy atom. The van der Waals surface area contributed by atoms with E-state index in [1.54, 1.807) is 19.9 Å². The molecular weight excluding hydrogens is 352 g/mol. The van der Waals surface area contributed by atoms with Crippen molar-refractivity contribution in [1.29, 1.82) is 0 Å². The molecule has 2 aromatic carbocycles. The highest BCUT2D eigenvalue weighted by atomic mass is 32.2. The number of benzene rings is 2. The molecule has 0 heterocycles. The topological polar surface area (TPSA) is 86.7 Å². The third-order valence-electron chi connectivity index (χ3n) is 4.20. The van der Waals surface area contributed by atoms with E-state index in [1.807, 2.05) is 26.0 Å². The van der Waals surface area contributed by atoms with Crippen molar-refractivity contribution in [1.82, 2.24) is 4.31 Å². The van der Waals surface area contributed by atoms with E-state index in [0.29, 0.717) is 18.7 Å². The Labute approximate surface area is 154 Å². The molecule has 2 N–H and O–H groups in total. The van der Waals surface area contributed by atoms with Gasteiger partial charge < -0.3 is 10.4 Å². The van der Waals surface area contributed by atoms with Gasteiger partial charge in [-0.3, -0.25) is 4.79 Å². The molecule has 1 amide bonds. The Kier molecular flexibility index (Phi) is 6.05. The van der Waals surface area contributed by atoms with Crippen LogP contribution in [0.5, 0.6) is 5.75 Å². The molecule has 7 heteroatoms. The lowest BCUT2D eigenvalue weighted by atomic mass is 10.0. The maximum atomic E-state index is 12.6. The van der Waals surface area contributed by atoms with E-state index in [2.05, 4.69) is 5.32 Å². The van der Waals surface area contributed by atoms with Gasteiger partial charge in [0.05, 0.1) is 10.6 Å². The molecular formula is C19H24N2O4S. The number of aryl methyl sites for hydroxylation is 2. The number of hydrogen-bond donors (Lipinski definition) is 2. The van der Waals surface area contributed by atoms with Crippen LogP contribution in [-0.2, 0) is 10.0 Å². The first kappa shape index (κ1) is 19.9. The van der Waals surface area contributed by atoms with Crippen LogP contribution in [0.1, 0.15) is 35.3 Å². The van der Waals surface area contributed by atoms with Crippen LogP contribution in [0.3, 0.4) is 0 Å². The van der Waals surface area contributed by atoms with Gasteiger partial charge >= 0.3 is 0 Å². The van der Waals surface area contributed by atoms with Crippen LogP contribution in [0, 0.1) is 13.8 Å². The average Bonchev–Trinajstić information content (AvgIpc) is 2.59. The van der Waals surface area contributed by atoms with Gasteiger partial charge in [0, 0.05) is 18.7 Å². The zero-order valence-electron chi connectivity index (χ0n) is 15.4. The van der Waals surface area contributed by atoms with Crippen LogP contribution in [0.2, 0.25) is 0 Å². The zero-order chi connectivity index (χ0) is 19.5. The minimum absolute atomic E-state index is 0.0234. The molecule has 0 saturated heterocycles. The molecule has 26 heavy (non-hydrogen) atoms. The normalized spacial score (nSPS) is 11.6. The predicted molar refractivity (Wildman–Crippen MR) is 102 cm³/mol. The van der Waals surface area contributed by atoms with Crippen LogP contribution in [0.15, 0.2) is 41.3 Å². The summed E-state index contributed by atoms with van der Waals surface area (Å²) in [6.45, 7) is 7.88. The molecule has 140 valence electrons. The first-order valence-corrected chi connectivity index (χ1v) is 9.86. The molecule has 0 unspecified atom stereocenters. The summed E-state index contributed by atoms with van der Waals surface area (Å²) in [4.78, 5) is 12.6. The molecule has 2 aromatic rings. The summed E-state index contributed by atoms with van der Waals surface area (Å²) in [5, 5.41) is 12.7. The third kappa shape index (κ3) is 4.05. The molecule has 0 radical (unpaired) electrons. The average molecular weight is 376 g/mol. The maximum Gasteiger partial charge on any atom is 0.256 e. The van der Waals surface area contributed by atoms with Crippen LogP contribution in [-0.4, -0.2) is 36.8 Å². The van der Waals surface area contributed by atoms with Crippen LogP contribution >= 0.6 is 0 Å². The van der Waals surface area contributed by atoms with Crippen molar-refractivity contribution in [3.05, 3.63) is 53.1 Å². The molecule has 0 spiro atoms. The maximum absolute atomic E-state index is 12.6. The Balaban J connectivity index is 2.39. The van der Waals surface area contributed by atoms with Gasteiger partial charge in [-0.15, -0.1) is 0 Å². The number of phenols is 1.